The summed E-state index contributed by atoms with van der Waals surface area (Å²) in [6.45, 7) is 7.55. The Morgan fingerprint density at radius 3 is 2.67 bits per heavy atom. The fourth-order valence-corrected chi connectivity index (χ4v) is 2.45. The van der Waals surface area contributed by atoms with Gasteiger partial charge in [0.2, 0.25) is 0 Å². The fourth-order valence-electron chi connectivity index (χ4n) is 2.45. The number of aryl methyl sites for hydroxylation is 1. The Morgan fingerprint density at radius 2 is 2.17 bits per heavy atom. The monoisotopic (exact) mass is 247 g/mol. The van der Waals surface area contributed by atoms with E-state index in [1.807, 2.05) is 6.20 Å². The average molecular weight is 247 g/mol. The highest BCUT2D eigenvalue weighted by Crippen LogP contribution is 2.32. The second kappa shape index (κ2) is 5.70. The number of hydrogen-bond donors (Lipinski definition) is 1. The van der Waals surface area contributed by atoms with Gasteiger partial charge in [0.25, 0.3) is 0 Å². The van der Waals surface area contributed by atoms with Gasteiger partial charge in [-0.15, -0.1) is 0 Å². The number of aromatic nitrogens is 1. The number of nitrogens with zero attached hydrogens (tertiary/aromatic N) is 2. The van der Waals surface area contributed by atoms with Crippen LogP contribution in [0.1, 0.15) is 44.2 Å². The lowest BCUT2D eigenvalue weighted by molar-refractivity contribution is 0.644. The van der Waals surface area contributed by atoms with Crippen LogP contribution in [0.15, 0.2) is 12.3 Å². The zero-order chi connectivity index (χ0) is 13.1. The van der Waals surface area contributed by atoms with E-state index in [0.717, 1.165) is 31.2 Å². The molecule has 100 valence electrons. The quantitative estimate of drug-likeness (QED) is 0.840. The van der Waals surface area contributed by atoms with Gasteiger partial charge in [0, 0.05) is 24.8 Å². The zero-order valence-corrected chi connectivity index (χ0v) is 11.8. The molecule has 0 aromatic carbocycles. The molecular formula is C15H25N3. The summed E-state index contributed by atoms with van der Waals surface area (Å²) in [5.74, 6) is 1.16. The Kier molecular flexibility index (Phi) is 4.23. The van der Waals surface area contributed by atoms with E-state index < -0.39 is 0 Å². The average Bonchev–Trinajstić information content (AvgIpc) is 3.17. The normalized spacial score (nSPS) is 16.7. The smallest absolute Gasteiger partial charge is 0.131 e. The molecule has 1 aliphatic rings. The first-order chi connectivity index (χ1) is 8.65. The topological polar surface area (TPSA) is 42.1 Å². The van der Waals surface area contributed by atoms with Gasteiger partial charge in [-0.05, 0) is 50.7 Å². The number of nitrogens with two attached hydrogens (primary N) is 1. The summed E-state index contributed by atoms with van der Waals surface area (Å²) in [7, 11) is 0. The lowest BCUT2D eigenvalue weighted by Crippen LogP contribution is -2.27. The summed E-state index contributed by atoms with van der Waals surface area (Å²) in [6, 6.07) is 3.23. The van der Waals surface area contributed by atoms with Crippen LogP contribution in [-0.4, -0.2) is 23.6 Å². The van der Waals surface area contributed by atoms with Crippen LogP contribution in [0.5, 0.6) is 0 Å². The third-order valence-electron chi connectivity index (χ3n) is 3.73. The third-order valence-corrected chi connectivity index (χ3v) is 3.73. The van der Waals surface area contributed by atoms with Gasteiger partial charge < -0.3 is 10.6 Å². The maximum absolute atomic E-state index is 6.00. The molecule has 1 aromatic heterocycles. The van der Waals surface area contributed by atoms with Crippen LogP contribution >= 0.6 is 0 Å². The molecule has 1 atom stereocenters. The number of pyridine rings is 1. The molecule has 0 saturated heterocycles. The lowest BCUT2D eigenvalue weighted by atomic mass is 10.0. The van der Waals surface area contributed by atoms with Crippen molar-refractivity contribution in [2.75, 3.05) is 11.4 Å². The molecule has 0 bridgehead atoms. The summed E-state index contributed by atoms with van der Waals surface area (Å²) in [6.07, 6.45) is 6.59. The molecule has 0 amide bonds. The molecule has 0 spiro atoms. The van der Waals surface area contributed by atoms with Gasteiger partial charge in [0.15, 0.2) is 0 Å². The minimum Gasteiger partial charge on any atom is -0.354 e. The van der Waals surface area contributed by atoms with Crippen LogP contribution in [-0.2, 0) is 6.42 Å². The molecule has 1 saturated carbocycles. The second-order valence-electron chi connectivity index (χ2n) is 5.37. The van der Waals surface area contributed by atoms with Crippen molar-refractivity contribution in [1.82, 2.24) is 4.98 Å². The van der Waals surface area contributed by atoms with Crippen molar-refractivity contribution >= 4 is 5.82 Å². The molecule has 18 heavy (non-hydrogen) atoms. The lowest BCUT2D eigenvalue weighted by Gasteiger charge is -2.23. The molecule has 1 aliphatic carbocycles. The Morgan fingerprint density at radius 1 is 1.44 bits per heavy atom. The van der Waals surface area contributed by atoms with Gasteiger partial charge in [-0.3, -0.25) is 0 Å². The molecule has 3 nitrogen and oxygen atoms in total. The van der Waals surface area contributed by atoms with Crippen LogP contribution < -0.4 is 10.6 Å². The predicted molar refractivity (Wildman–Crippen MR) is 77.0 cm³/mol. The molecule has 1 unspecified atom stereocenters. The zero-order valence-electron chi connectivity index (χ0n) is 11.8. The summed E-state index contributed by atoms with van der Waals surface area (Å²) < 4.78 is 0. The molecule has 1 aromatic rings. The third kappa shape index (κ3) is 3.02. The van der Waals surface area contributed by atoms with Gasteiger partial charge in [-0.1, -0.05) is 13.0 Å². The van der Waals surface area contributed by atoms with E-state index in [9.17, 15) is 0 Å². The Balaban J connectivity index is 2.13. The first-order valence-corrected chi connectivity index (χ1v) is 7.13. The second-order valence-corrected chi connectivity index (χ2v) is 5.37. The van der Waals surface area contributed by atoms with Crippen molar-refractivity contribution in [2.24, 2.45) is 5.73 Å². The first-order valence-electron chi connectivity index (χ1n) is 7.13. The van der Waals surface area contributed by atoms with Crippen molar-refractivity contribution in [3.63, 3.8) is 0 Å². The maximum Gasteiger partial charge on any atom is 0.131 e. The van der Waals surface area contributed by atoms with Crippen LogP contribution in [0.4, 0.5) is 5.82 Å². The summed E-state index contributed by atoms with van der Waals surface area (Å²) >= 11 is 0. The Hall–Kier alpha value is -1.09. The Bertz CT molecular complexity index is 399. The van der Waals surface area contributed by atoms with Crippen molar-refractivity contribution in [3.8, 4) is 0 Å². The minimum atomic E-state index is 0.253. The van der Waals surface area contributed by atoms with Crippen LogP contribution in [0, 0.1) is 6.92 Å². The van der Waals surface area contributed by atoms with E-state index in [1.54, 1.807) is 0 Å². The summed E-state index contributed by atoms with van der Waals surface area (Å²) in [5, 5.41) is 0. The molecule has 0 radical (unpaired) electrons. The molecule has 1 heterocycles. The maximum atomic E-state index is 6.00. The number of hydrogen-bond acceptors (Lipinski definition) is 3. The standard InChI is InChI=1S/C15H25N3/c1-4-13(16)9-12-8-11(3)15(17-10-12)18(5-2)14-6-7-14/h8,10,13-14H,4-7,9,16H2,1-3H3. The van der Waals surface area contributed by atoms with Crippen molar-refractivity contribution in [3.05, 3.63) is 23.4 Å². The van der Waals surface area contributed by atoms with Crippen LogP contribution in [0.3, 0.4) is 0 Å². The molecule has 0 aliphatic heterocycles. The highest BCUT2D eigenvalue weighted by molar-refractivity contribution is 5.49. The summed E-state index contributed by atoms with van der Waals surface area (Å²) in [5.41, 5.74) is 8.54. The van der Waals surface area contributed by atoms with Gasteiger partial charge in [-0.25, -0.2) is 4.98 Å². The fraction of sp³-hybridized carbons (Fsp3) is 0.667. The van der Waals surface area contributed by atoms with Crippen molar-refractivity contribution in [2.45, 2.75) is 58.5 Å². The number of rotatable bonds is 6. The Labute approximate surface area is 110 Å². The molecular weight excluding hydrogens is 222 g/mol. The largest absolute Gasteiger partial charge is 0.354 e. The van der Waals surface area contributed by atoms with E-state index in [0.29, 0.717) is 0 Å². The first kappa shape index (κ1) is 13.3. The predicted octanol–water partition coefficient (Wildman–Crippen LogP) is 2.66. The number of anilines is 1. The van der Waals surface area contributed by atoms with E-state index >= 15 is 0 Å². The van der Waals surface area contributed by atoms with Gasteiger partial charge in [0.1, 0.15) is 5.82 Å². The van der Waals surface area contributed by atoms with Gasteiger partial charge in [0.05, 0.1) is 0 Å². The minimum absolute atomic E-state index is 0.253. The highest BCUT2D eigenvalue weighted by atomic mass is 15.2. The van der Waals surface area contributed by atoms with Crippen LogP contribution in [0.2, 0.25) is 0 Å². The summed E-state index contributed by atoms with van der Waals surface area (Å²) in [4.78, 5) is 7.10. The SMILES string of the molecule is CCC(N)Cc1cnc(N(CC)C2CC2)c(C)c1. The highest BCUT2D eigenvalue weighted by Gasteiger charge is 2.29. The van der Waals surface area contributed by atoms with E-state index in [1.165, 1.54) is 24.0 Å². The van der Waals surface area contributed by atoms with Crippen molar-refractivity contribution < 1.29 is 0 Å². The van der Waals surface area contributed by atoms with E-state index in [2.05, 4.69) is 36.7 Å². The van der Waals surface area contributed by atoms with E-state index in [-0.39, 0.29) is 6.04 Å². The molecule has 1 fully saturated rings. The van der Waals surface area contributed by atoms with Gasteiger partial charge in [-0.2, -0.15) is 0 Å². The molecule has 2 rings (SSSR count). The molecule has 3 heteroatoms. The molecule has 2 N–H and O–H groups in total. The van der Waals surface area contributed by atoms with E-state index in [4.69, 9.17) is 5.73 Å². The van der Waals surface area contributed by atoms with Gasteiger partial charge >= 0.3 is 0 Å². The van der Waals surface area contributed by atoms with Crippen LogP contribution in [0.25, 0.3) is 0 Å². The van der Waals surface area contributed by atoms with Crippen molar-refractivity contribution in [1.29, 1.82) is 0 Å².